The lowest BCUT2D eigenvalue weighted by Crippen LogP contribution is -2.06. The Morgan fingerprint density at radius 1 is 1.64 bits per heavy atom. The molecule has 0 aliphatic rings. The molecule has 14 heavy (non-hydrogen) atoms. The molecular formula is C9H6BrFN2O. The van der Waals surface area contributed by atoms with E-state index in [9.17, 15) is 9.18 Å². The van der Waals surface area contributed by atoms with Crippen molar-refractivity contribution in [1.29, 1.82) is 5.26 Å². The van der Waals surface area contributed by atoms with Crippen LogP contribution in [-0.4, -0.2) is 11.1 Å². The molecule has 0 atom stereocenters. The molecule has 0 aromatic heterocycles. The fraction of sp³-hybridized carbons (Fsp3) is 0.111. The van der Waals surface area contributed by atoms with Gasteiger partial charge < -0.3 is 5.73 Å². The zero-order valence-electron chi connectivity index (χ0n) is 7.05. The molecule has 1 aromatic rings. The lowest BCUT2D eigenvalue weighted by atomic mass is 10.0. The molecule has 0 heterocycles. The molecule has 0 radical (unpaired) electrons. The summed E-state index contributed by atoms with van der Waals surface area (Å²) in [7, 11) is 0. The van der Waals surface area contributed by atoms with Gasteiger partial charge in [0, 0.05) is 11.3 Å². The number of benzene rings is 1. The molecule has 0 aliphatic carbocycles. The molecule has 0 saturated heterocycles. The standard InChI is InChI=1S/C9H6BrFN2O/c10-3-9(14)6-1-5(13)2-8(11)7(6)4-12/h1-2H,3,13H2. The Morgan fingerprint density at radius 2 is 2.29 bits per heavy atom. The van der Waals surface area contributed by atoms with Gasteiger partial charge in [-0.05, 0) is 12.1 Å². The van der Waals surface area contributed by atoms with E-state index in [1.165, 1.54) is 6.07 Å². The molecule has 2 N–H and O–H groups in total. The Kier molecular flexibility index (Phi) is 3.20. The second-order valence-corrected chi connectivity index (χ2v) is 3.15. The molecular weight excluding hydrogens is 251 g/mol. The topological polar surface area (TPSA) is 66.9 Å². The molecule has 5 heteroatoms. The molecule has 0 bridgehead atoms. The maximum absolute atomic E-state index is 13.1. The van der Waals surface area contributed by atoms with E-state index in [0.29, 0.717) is 0 Å². The fourth-order valence-electron chi connectivity index (χ4n) is 1.03. The molecule has 0 saturated carbocycles. The summed E-state index contributed by atoms with van der Waals surface area (Å²) >= 11 is 2.94. The number of Topliss-reactive ketones (excluding diaryl/α,β-unsaturated/α-hetero) is 1. The highest BCUT2D eigenvalue weighted by Crippen LogP contribution is 2.18. The van der Waals surface area contributed by atoms with Crippen molar-refractivity contribution in [2.24, 2.45) is 0 Å². The van der Waals surface area contributed by atoms with Gasteiger partial charge in [-0.25, -0.2) is 4.39 Å². The molecule has 0 unspecified atom stereocenters. The highest BCUT2D eigenvalue weighted by molar-refractivity contribution is 9.09. The number of halogens is 2. The largest absolute Gasteiger partial charge is 0.399 e. The van der Waals surface area contributed by atoms with E-state index in [1.807, 2.05) is 0 Å². The quantitative estimate of drug-likeness (QED) is 0.499. The first kappa shape index (κ1) is 10.7. The van der Waals surface area contributed by atoms with E-state index >= 15 is 0 Å². The summed E-state index contributed by atoms with van der Waals surface area (Å²) in [4.78, 5) is 11.3. The number of hydrogen-bond acceptors (Lipinski definition) is 3. The number of rotatable bonds is 2. The maximum atomic E-state index is 13.1. The second-order valence-electron chi connectivity index (χ2n) is 2.59. The minimum atomic E-state index is -0.767. The van der Waals surface area contributed by atoms with Crippen molar-refractivity contribution in [3.05, 3.63) is 29.1 Å². The summed E-state index contributed by atoms with van der Waals surface area (Å²) in [5, 5.41) is 8.67. The Morgan fingerprint density at radius 3 is 2.79 bits per heavy atom. The lowest BCUT2D eigenvalue weighted by Gasteiger charge is -2.03. The number of nitrogens with two attached hydrogens (primary N) is 1. The van der Waals surface area contributed by atoms with Crippen molar-refractivity contribution in [1.82, 2.24) is 0 Å². The van der Waals surface area contributed by atoms with Gasteiger partial charge in [-0.3, -0.25) is 4.79 Å². The predicted octanol–water partition coefficient (Wildman–Crippen LogP) is 1.86. The maximum Gasteiger partial charge on any atom is 0.174 e. The van der Waals surface area contributed by atoms with E-state index in [-0.39, 0.29) is 27.9 Å². The van der Waals surface area contributed by atoms with E-state index in [2.05, 4.69) is 15.9 Å². The zero-order valence-corrected chi connectivity index (χ0v) is 8.64. The van der Waals surface area contributed by atoms with Crippen molar-refractivity contribution in [2.45, 2.75) is 0 Å². The molecule has 1 aromatic carbocycles. The third kappa shape index (κ3) is 1.91. The summed E-state index contributed by atoms with van der Waals surface area (Å²) in [6.07, 6.45) is 0. The van der Waals surface area contributed by atoms with Gasteiger partial charge in [-0.15, -0.1) is 0 Å². The molecule has 0 spiro atoms. The van der Waals surface area contributed by atoms with Gasteiger partial charge in [0.1, 0.15) is 11.9 Å². The highest BCUT2D eigenvalue weighted by atomic mass is 79.9. The zero-order chi connectivity index (χ0) is 10.7. The minimum absolute atomic E-state index is 0.0156. The van der Waals surface area contributed by atoms with Crippen LogP contribution in [0.5, 0.6) is 0 Å². The van der Waals surface area contributed by atoms with Crippen LogP contribution in [-0.2, 0) is 0 Å². The van der Waals surface area contributed by atoms with Crippen molar-refractivity contribution in [3.8, 4) is 6.07 Å². The Bertz CT molecular complexity index is 426. The third-order valence-corrected chi connectivity index (χ3v) is 2.16. The number of carbonyl (C=O) groups is 1. The normalized spacial score (nSPS) is 9.50. The Hall–Kier alpha value is -1.41. The summed E-state index contributed by atoms with van der Waals surface area (Å²) in [5.41, 5.74) is 5.24. The number of anilines is 1. The number of hydrogen-bond donors (Lipinski definition) is 1. The summed E-state index contributed by atoms with van der Waals surface area (Å²) < 4.78 is 13.1. The average molecular weight is 257 g/mol. The minimum Gasteiger partial charge on any atom is -0.399 e. The van der Waals surface area contributed by atoms with E-state index in [0.717, 1.165) is 6.07 Å². The van der Waals surface area contributed by atoms with Crippen LogP contribution >= 0.6 is 15.9 Å². The van der Waals surface area contributed by atoms with Gasteiger partial charge in [-0.2, -0.15) is 5.26 Å². The Labute approximate surface area is 88.5 Å². The van der Waals surface area contributed by atoms with Gasteiger partial charge in [0.05, 0.1) is 10.9 Å². The van der Waals surface area contributed by atoms with Crippen LogP contribution < -0.4 is 5.73 Å². The number of nitrogens with zero attached hydrogens (tertiary/aromatic N) is 1. The molecule has 0 aliphatic heterocycles. The summed E-state index contributed by atoms with van der Waals surface area (Å²) in [6.45, 7) is 0. The van der Waals surface area contributed by atoms with E-state index in [1.54, 1.807) is 6.07 Å². The SMILES string of the molecule is N#Cc1c(F)cc(N)cc1C(=O)CBr. The van der Waals surface area contributed by atoms with Crippen LogP contribution in [0.1, 0.15) is 15.9 Å². The molecule has 0 fully saturated rings. The van der Waals surface area contributed by atoms with Crippen LogP contribution in [0.25, 0.3) is 0 Å². The van der Waals surface area contributed by atoms with Crippen molar-refractivity contribution < 1.29 is 9.18 Å². The first-order valence-corrected chi connectivity index (χ1v) is 4.80. The van der Waals surface area contributed by atoms with Gasteiger partial charge in [-0.1, -0.05) is 15.9 Å². The first-order chi connectivity index (χ1) is 6.60. The first-order valence-electron chi connectivity index (χ1n) is 3.68. The van der Waals surface area contributed by atoms with Crippen molar-refractivity contribution >= 4 is 27.4 Å². The number of nitrogen functional groups attached to an aromatic ring is 1. The number of ketones is 1. The second kappa shape index (κ2) is 4.20. The van der Waals surface area contributed by atoms with Crippen molar-refractivity contribution in [3.63, 3.8) is 0 Å². The average Bonchev–Trinajstić information content (AvgIpc) is 2.15. The van der Waals surface area contributed by atoms with Gasteiger partial charge in [0.25, 0.3) is 0 Å². The summed E-state index contributed by atoms with van der Waals surface area (Å²) in [6, 6.07) is 3.95. The smallest absolute Gasteiger partial charge is 0.174 e. The number of alkyl halides is 1. The summed E-state index contributed by atoms with van der Waals surface area (Å²) in [5.74, 6) is -1.13. The third-order valence-electron chi connectivity index (χ3n) is 1.65. The highest BCUT2D eigenvalue weighted by Gasteiger charge is 2.15. The predicted molar refractivity (Wildman–Crippen MR) is 53.7 cm³/mol. The fourth-order valence-corrected chi connectivity index (χ4v) is 1.34. The van der Waals surface area contributed by atoms with Gasteiger partial charge >= 0.3 is 0 Å². The van der Waals surface area contributed by atoms with Crippen LogP contribution in [0.15, 0.2) is 12.1 Å². The van der Waals surface area contributed by atoms with Gasteiger partial charge in [0.15, 0.2) is 5.78 Å². The molecule has 3 nitrogen and oxygen atoms in total. The molecule has 1 rings (SSSR count). The van der Waals surface area contributed by atoms with Crippen LogP contribution in [0, 0.1) is 17.1 Å². The number of carbonyl (C=O) groups excluding carboxylic acids is 1. The van der Waals surface area contributed by atoms with Crippen LogP contribution in [0.4, 0.5) is 10.1 Å². The van der Waals surface area contributed by atoms with E-state index in [4.69, 9.17) is 11.0 Å². The van der Waals surface area contributed by atoms with Gasteiger partial charge in [0.2, 0.25) is 0 Å². The molecule has 72 valence electrons. The van der Waals surface area contributed by atoms with Crippen LogP contribution in [0.2, 0.25) is 0 Å². The van der Waals surface area contributed by atoms with Crippen molar-refractivity contribution in [2.75, 3.05) is 11.1 Å². The monoisotopic (exact) mass is 256 g/mol. The number of nitriles is 1. The lowest BCUT2D eigenvalue weighted by molar-refractivity contribution is 0.102. The Balaban J connectivity index is 3.41. The van der Waals surface area contributed by atoms with E-state index < -0.39 is 5.82 Å². The molecule has 0 amide bonds. The van der Waals surface area contributed by atoms with Crippen LogP contribution in [0.3, 0.4) is 0 Å².